The van der Waals surface area contributed by atoms with Crippen LogP contribution in [0.4, 0.5) is 26.3 Å². The zero-order chi connectivity index (χ0) is 64.3. The molecule has 23 heteroatoms. The minimum Gasteiger partial charge on any atom is -0.469 e. The molecule has 17 nitrogen and oxygen atoms in total. The van der Waals surface area contributed by atoms with E-state index < -0.39 is 54.1 Å². The Hall–Kier alpha value is -7.53. The van der Waals surface area contributed by atoms with Crippen LogP contribution >= 0.6 is 0 Å². The molecule has 4 aromatic rings. The molecule has 87 heavy (non-hydrogen) atoms. The molecule has 7 rings (SSSR count). The van der Waals surface area contributed by atoms with Gasteiger partial charge in [-0.1, -0.05) is 90.1 Å². The number of carbonyl (C=O) groups is 7. The third kappa shape index (κ3) is 22.6. The number of hydrogen-bond acceptors (Lipinski definition) is 13. The predicted molar refractivity (Wildman–Crippen MR) is 313 cm³/mol. The summed E-state index contributed by atoms with van der Waals surface area (Å²) in [6.45, 7) is 14.6. The van der Waals surface area contributed by atoms with Crippen LogP contribution < -0.4 is 36.5 Å². The average Bonchev–Trinajstić information content (AvgIpc) is 1.62. The molecule has 1 spiro atoms. The van der Waals surface area contributed by atoms with Gasteiger partial charge in [0.2, 0.25) is 11.8 Å². The lowest BCUT2D eigenvalue weighted by Crippen LogP contribution is -2.55. The molecule has 2 unspecified atom stereocenters. The largest absolute Gasteiger partial charge is 0.573 e. The van der Waals surface area contributed by atoms with E-state index >= 15 is 0 Å². The number of nitrogens with one attached hydrogen (secondary N) is 4. The molecular weight excluding hydrogens is 1140 g/mol. The summed E-state index contributed by atoms with van der Waals surface area (Å²) in [4.78, 5) is 85.7. The van der Waals surface area contributed by atoms with Gasteiger partial charge in [-0.2, -0.15) is 0 Å². The van der Waals surface area contributed by atoms with Crippen LogP contribution in [-0.4, -0.2) is 105 Å². The van der Waals surface area contributed by atoms with E-state index in [1.807, 2.05) is 17.0 Å². The number of carbonyl (C=O) groups excluding carboxylic acids is 7. The number of ether oxygens (including phenoxy) is 4. The van der Waals surface area contributed by atoms with Crippen LogP contribution in [0.3, 0.4) is 0 Å². The van der Waals surface area contributed by atoms with E-state index in [9.17, 15) is 59.9 Å². The highest BCUT2D eigenvalue weighted by Crippen LogP contribution is 2.47. The van der Waals surface area contributed by atoms with E-state index in [0.717, 1.165) is 80.5 Å². The number of nitrogens with two attached hydrogens (primary N) is 1. The van der Waals surface area contributed by atoms with Gasteiger partial charge in [-0.05, 0) is 145 Å². The lowest BCUT2D eigenvalue weighted by Gasteiger charge is -2.46. The van der Waals surface area contributed by atoms with Gasteiger partial charge in [0.1, 0.15) is 29.4 Å². The van der Waals surface area contributed by atoms with Crippen molar-refractivity contribution in [2.75, 3.05) is 40.4 Å². The normalized spacial score (nSPS) is 18.4. The van der Waals surface area contributed by atoms with E-state index in [1.54, 1.807) is 36.4 Å². The fourth-order valence-electron chi connectivity index (χ4n) is 10.7. The maximum Gasteiger partial charge on any atom is 0.573 e. The molecule has 2 aliphatic carbocycles. The molecule has 1 aliphatic heterocycles. The third-order valence-electron chi connectivity index (χ3n) is 15.9. The van der Waals surface area contributed by atoms with Crippen LogP contribution in [0.25, 0.3) is 0 Å². The Bertz CT molecular complexity index is 2910. The Balaban J connectivity index is 0.000000276. The molecule has 3 aliphatic rings. The number of amides is 4. The zero-order valence-corrected chi connectivity index (χ0v) is 50.6. The topological polar surface area (TPSA) is 234 Å². The average molecular weight is 1230 g/mol. The first-order chi connectivity index (χ1) is 40.8. The maximum absolute atomic E-state index is 13.9. The number of ketones is 1. The second-order valence-electron chi connectivity index (χ2n) is 24.0. The van der Waals surface area contributed by atoms with E-state index in [1.165, 1.54) is 50.6 Å². The second-order valence-corrected chi connectivity index (χ2v) is 24.0. The van der Waals surface area contributed by atoms with Crippen LogP contribution in [0.5, 0.6) is 11.5 Å². The van der Waals surface area contributed by atoms with Gasteiger partial charge in [0.15, 0.2) is 0 Å². The Labute approximate surface area is 504 Å². The number of hydrogen-bond donors (Lipinski definition) is 5. The summed E-state index contributed by atoms with van der Waals surface area (Å²) in [5.74, 6) is -1.03. The number of nitrogens with zero attached hydrogens (tertiary/aromatic N) is 1. The third-order valence-corrected chi connectivity index (χ3v) is 15.9. The number of halogens is 6. The van der Waals surface area contributed by atoms with Crippen molar-refractivity contribution in [3.05, 3.63) is 130 Å². The molecule has 1 saturated heterocycles. The van der Waals surface area contributed by atoms with Crippen LogP contribution in [0.15, 0.2) is 97.1 Å². The lowest BCUT2D eigenvalue weighted by molar-refractivity contribution is -0.275. The van der Waals surface area contributed by atoms with Crippen molar-refractivity contribution in [2.45, 2.75) is 149 Å². The van der Waals surface area contributed by atoms with E-state index in [-0.39, 0.29) is 61.4 Å². The first kappa shape index (κ1) is 70.2. The van der Waals surface area contributed by atoms with Crippen molar-refractivity contribution < 1.29 is 78.9 Å². The van der Waals surface area contributed by atoms with Crippen molar-refractivity contribution in [3.8, 4) is 11.5 Å². The van der Waals surface area contributed by atoms with Crippen molar-refractivity contribution in [3.63, 3.8) is 0 Å². The minimum absolute atomic E-state index is 0.0770. The summed E-state index contributed by atoms with van der Waals surface area (Å²) in [6.07, 6.45) is -1.07. The predicted octanol–water partition coefficient (Wildman–Crippen LogP) is 10.6. The number of Topliss-reactive ketones (excluding diaryl/α,β-unsaturated/α-hetero) is 1. The molecule has 3 fully saturated rings. The molecule has 0 radical (unpaired) electrons. The van der Waals surface area contributed by atoms with Crippen LogP contribution in [-0.2, 0) is 46.3 Å². The molecule has 2 saturated carbocycles. The highest BCUT2D eigenvalue weighted by atomic mass is 19.4. The van der Waals surface area contributed by atoms with Crippen LogP contribution in [0.2, 0.25) is 0 Å². The molecule has 1 heterocycles. The maximum atomic E-state index is 13.9. The van der Waals surface area contributed by atoms with Gasteiger partial charge >= 0.3 is 24.7 Å². The fourth-order valence-corrected chi connectivity index (χ4v) is 10.7. The Morgan fingerprint density at radius 1 is 0.598 bits per heavy atom. The first-order valence-electron chi connectivity index (χ1n) is 29.0. The highest BCUT2D eigenvalue weighted by Gasteiger charge is 2.52. The standard InChI is InChI=1S/C32H40F3N3O5.C22H24F3N3O5.C10H18O/c1-30(2,3)24-13-17-31(18-14-24)37-27(22-9-11-25(12-10-22)43-32(33,34)35)29(41)38(31)20-16-21-5-7-23(8-6-21)28(40)36-19-15-26(39)42-4;1-32-18(29)11-13-27-20(30)16-4-2-14(3-5-16)10-12-28-21(31)19(26)15-6-8-17(9-7-15)33-22(23,24)25;1-10(2,3)8-4-6-9(11)7-5-8/h5-12,24,27,37H,13-20H2,1-4H3,(H,36,40);2-9,19H,10-13,26H2,1H3,(H,27,30)(H,28,31);8H,4-7H2,1-3H3. The van der Waals surface area contributed by atoms with E-state index in [0.29, 0.717) is 58.8 Å². The van der Waals surface area contributed by atoms with E-state index in [2.05, 4.69) is 81.8 Å². The number of alkyl halides is 6. The van der Waals surface area contributed by atoms with Crippen molar-refractivity contribution in [1.82, 2.24) is 26.2 Å². The quantitative estimate of drug-likeness (QED) is 0.0435. The molecule has 4 amide bonds. The van der Waals surface area contributed by atoms with Gasteiger partial charge in [-0.15, -0.1) is 26.3 Å². The highest BCUT2D eigenvalue weighted by molar-refractivity contribution is 5.95. The summed E-state index contributed by atoms with van der Waals surface area (Å²) >= 11 is 0. The summed E-state index contributed by atoms with van der Waals surface area (Å²) in [5.41, 5.74) is 9.49. The second kappa shape index (κ2) is 31.4. The summed E-state index contributed by atoms with van der Waals surface area (Å²) < 4.78 is 91.5. The van der Waals surface area contributed by atoms with Crippen LogP contribution in [0, 0.1) is 22.7 Å². The summed E-state index contributed by atoms with van der Waals surface area (Å²) in [7, 11) is 2.56. The van der Waals surface area contributed by atoms with Gasteiger partial charge in [0, 0.05) is 50.1 Å². The molecule has 4 aromatic carbocycles. The lowest BCUT2D eigenvalue weighted by atomic mass is 9.69. The van der Waals surface area contributed by atoms with Crippen molar-refractivity contribution >= 4 is 41.4 Å². The molecule has 0 bridgehead atoms. The number of methoxy groups -OCH3 is 2. The zero-order valence-electron chi connectivity index (χ0n) is 50.6. The summed E-state index contributed by atoms with van der Waals surface area (Å²) in [6, 6.07) is 22.3. The number of benzene rings is 4. The fraction of sp³-hybridized carbons (Fsp3) is 0.516. The van der Waals surface area contributed by atoms with Crippen molar-refractivity contribution in [2.24, 2.45) is 28.4 Å². The molecule has 0 aromatic heterocycles. The molecule has 6 N–H and O–H groups in total. The van der Waals surface area contributed by atoms with Gasteiger partial charge in [0.05, 0.1) is 32.7 Å². The van der Waals surface area contributed by atoms with Gasteiger partial charge in [0.25, 0.3) is 11.8 Å². The molecular formula is C64H82F6N6O11. The molecule has 2 atom stereocenters. The van der Waals surface area contributed by atoms with Crippen LogP contribution in [0.1, 0.15) is 161 Å². The smallest absolute Gasteiger partial charge is 0.469 e. The monoisotopic (exact) mass is 1220 g/mol. The Morgan fingerprint density at radius 3 is 1.45 bits per heavy atom. The first-order valence-corrected chi connectivity index (χ1v) is 29.0. The SMILES string of the molecule is CC(C)(C)C1CCC(=O)CC1.COC(=O)CCNC(=O)c1ccc(CCN2C(=O)C(c3ccc(OC(F)(F)F)cc3)NC23CCC(C(C)(C)C)CC3)cc1.COC(=O)CCNC(=O)c1ccc(CCNC(=O)C(N)c2ccc(OC(F)(F)F)cc2)cc1. The number of rotatable bonds is 19. The van der Waals surface area contributed by atoms with Gasteiger partial charge < -0.3 is 45.5 Å². The summed E-state index contributed by atoms with van der Waals surface area (Å²) in [5, 5.41) is 11.5. The van der Waals surface area contributed by atoms with Crippen molar-refractivity contribution in [1.29, 1.82) is 0 Å². The Morgan fingerprint density at radius 2 is 1.02 bits per heavy atom. The minimum atomic E-state index is -4.80. The van der Waals surface area contributed by atoms with Gasteiger partial charge in [-0.3, -0.25) is 38.9 Å². The Kier molecular flexibility index (Phi) is 25.3. The van der Waals surface area contributed by atoms with Gasteiger partial charge in [-0.25, -0.2) is 0 Å². The van der Waals surface area contributed by atoms with E-state index in [4.69, 9.17) is 5.73 Å². The number of esters is 2. The molecule has 476 valence electrons.